The third kappa shape index (κ3) is 3.88. The van der Waals surface area contributed by atoms with Crippen molar-refractivity contribution >= 4 is 11.3 Å². The molecule has 0 saturated carbocycles. The van der Waals surface area contributed by atoms with Crippen molar-refractivity contribution in [3.63, 3.8) is 0 Å². The predicted molar refractivity (Wildman–Crippen MR) is 72.0 cm³/mol. The van der Waals surface area contributed by atoms with Gasteiger partial charge in [-0.25, -0.2) is 0 Å². The summed E-state index contributed by atoms with van der Waals surface area (Å²) >= 11 is 1.80. The molecule has 2 nitrogen and oxygen atoms in total. The zero-order chi connectivity index (χ0) is 11.9. The average molecular weight is 247 g/mol. The summed E-state index contributed by atoms with van der Waals surface area (Å²) in [6.07, 6.45) is 5.99. The second-order valence-corrected chi connectivity index (χ2v) is 4.93. The Balaban J connectivity index is 1.97. The molecule has 0 unspecified atom stereocenters. The molecule has 0 amide bonds. The van der Waals surface area contributed by atoms with E-state index in [0.717, 1.165) is 25.4 Å². The van der Waals surface area contributed by atoms with Crippen LogP contribution < -0.4 is 0 Å². The number of thiophene rings is 1. The zero-order valence-electron chi connectivity index (χ0n) is 10.0. The molecule has 0 aliphatic carbocycles. The number of allylic oxidation sites excluding steroid dienone is 1. The van der Waals surface area contributed by atoms with E-state index in [9.17, 15) is 0 Å². The monoisotopic (exact) mass is 247 g/mol. The van der Waals surface area contributed by atoms with Gasteiger partial charge < -0.3 is 4.42 Å². The van der Waals surface area contributed by atoms with Gasteiger partial charge in [-0.1, -0.05) is 18.2 Å². The number of nitrogens with zero attached hydrogens (tertiary/aromatic N) is 1. The molecule has 17 heavy (non-hydrogen) atoms. The lowest BCUT2D eigenvalue weighted by Crippen LogP contribution is -2.22. The minimum absolute atomic E-state index is 0.856. The highest BCUT2D eigenvalue weighted by Gasteiger charge is 2.07. The van der Waals surface area contributed by atoms with Crippen LogP contribution in [0.5, 0.6) is 0 Å². The van der Waals surface area contributed by atoms with Crippen LogP contribution in [0.3, 0.4) is 0 Å². The lowest BCUT2D eigenvalue weighted by Gasteiger charge is -2.18. The van der Waals surface area contributed by atoms with Crippen molar-refractivity contribution in [1.29, 1.82) is 0 Å². The van der Waals surface area contributed by atoms with E-state index in [0.29, 0.717) is 0 Å². The van der Waals surface area contributed by atoms with Gasteiger partial charge in [-0.2, -0.15) is 0 Å². The Kier molecular flexibility index (Phi) is 4.59. The van der Waals surface area contributed by atoms with E-state index in [4.69, 9.17) is 4.42 Å². The van der Waals surface area contributed by atoms with Gasteiger partial charge in [0, 0.05) is 18.0 Å². The Labute approximate surface area is 106 Å². The zero-order valence-corrected chi connectivity index (χ0v) is 10.8. The maximum Gasteiger partial charge on any atom is 0.117 e. The van der Waals surface area contributed by atoms with Crippen LogP contribution in [0.4, 0.5) is 0 Å². The van der Waals surface area contributed by atoms with Gasteiger partial charge in [-0.05, 0) is 30.5 Å². The largest absolute Gasteiger partial charge is 0.468 e. The van der Waals surface area contributed by atoms with Gasteiger partial charge in [-0.15, -0.1) is 11.3 Å². The molecule has 0 radical (unpaired) electrons. The second kappa shape index (κ2) is 6.42. The maximum absolute atomic E-state index is 5.40. The molecule has 0 N–H and O–H groups in total. The highest BCUT2D eigenvalue weighted by molar-refractivity contribution is 7.09. The summed E-state index contributed by atoms with van der Waals surface area (Å²) in [5.41, 5.74) is 0. The van der Waals surface area contributed by atoms with Crippen molar-refractivity contribution in [3.8, 4) is 0 Å². The predicted octanol–water partition coefficient (Wildman–Crippen LogP) is 3.92. The summed E-state index contributed by atoms with van der Waals surface area (Å²) in [5.74, 6) is 1.02. The molecule has 0 fully saturated rings. The molecule has 2 heterocycles. The topological polar surface area (TPSA) is 16.4 Å². The molecule has 3 heteroatoms. The molecule has 0 spiro atoms. The van der Waals surface area contributed by atoms with E-state index in [1.807, 2.05) is 12.1 Å². The van der Waals surface area contributed by atoms with Crippen LogP contribution in [0.15, 0.2) is 52.5 Å². The van der Waals surface area contributed by atoms with Gasteiger partial charge in [-0.3, -0.25) is 4.90 Å². The summed E-state index contributed by atoms with van der Waals surface area (Å²) in [5, 5.41) is 2.12. The Morgan fingerprint density at radius 3 is 2.88 bits per heavy atom. The fourth-order valence-corrected chi connectivity index (χ4v) is 2.43. The highest BCUT2D eigenvalue weighted by atomic mass is 32.1. The average Bonchev–Trinajstić information content (AvgIpc) is 2.99. The number of furan rings is 1. The summed E-state index contributed by atoms with van der Waals surface area (Å²) in [6.45, 7) is 4.84. The Bertz CT molecular complexity index is 395. The van der Waals surface area contributed by atoms with E-state index in [1.165, 1.54) is 4.88 Å². The molecule has 2 aromatic rings. The van der Waals surface area contributed by atoms with Gasteiger partial charge in [0.15, 0.2) is 0 Å². The van der Waals surface area contributed by atoms with E-state index in [2.05, 4.69) is 41.5 Å². The standard InChI is InChI=1S/C14H17NOS/c1-2-3-8-15(11-13-6-4-9-16-13)12-14-7-5-10-17-14/h2-7,9-10H,8,11-12H2,1H3. The SMILES string of the molecule is CC=CCN(Cc1ccco1)Cc1cccs1. The minimum Gasteiger partial charge on any atom is -0.468 e. The Hall–Kier alpha value is -1.32. The molecule has 0 atom stereocenters. The summed E-state index contributed by atoms with van der Waals surface area (Å²) in [7, 11) is 0. The lowest BCUT2D eigenvalue weighted by molar-refractivity contribution is 0.262. The summed E-state index contributed by atoms with van der Waals surface area (Å²) < 4.78 is 5.40. The van der Waals surface area contributed by atoms with Crippen LogP contribution in [0.1, 0.15) is 17.6 Å². The molecular formula is C14H17NOS. The number of hydrogen-bond acceptors (Lipinski definition) is 3. The summed E-state index contributed by atoms with van der Waals surface area (Å²) in [4.78, 5) is 3.76. The van der Waals surface area contributed by atoms with Gasteiger partial charge in [0.2, 0.25) is 0 Å². The third-order valence-corrected chi connectivity index (χ3v) is 3.38. The molecule has 0 aromatic carbocycles. The van der Waals surface area contributed by atoms with Crippen LogP contribution >= 0.6 is 11.3 Å². The van der Waals surface area contributed by atoms with Crippen LogP contribution in [0.25, 0.3) is 0 Å². The fourth-order valence-electron chi connectivity index (χ4n) is 1.69. The fraction of sp³-hybridized carbons (Fsp3) is 0.286. The van der Waals surface area contributed by atoms with Crippen molar-refractivity contribution in [3.05, 3.63) is 58.7 Å². The van der Waals surface area contributed by atoms with Crippen LogP contribution in [0.2, 0.25) is 0 Å². The molecule has 2 aromatic heterocycles. The Morgan fingerprint density at radius 1 is 1.29 bits per heavy atom. The van der Waals surface area contributed by atoms with E-state index < -0.39 is 0 Å². The van der Waals surface area contributed by atoms with Crippen molar-refractivity contribution in [2.45, 2.75) is 20.0 Å². The van der Waals surface area contributed by atoms with E-state index in [1.54, 1.807) is 17.6 Å². The van der Waals surface area contributed by atoms with Gasteiger partial charge in [0.25, 0.3) is 0 Å². The maximum atomic E-state index is 5.40. The minimum atomic E-state index is 0.856. The molecule has 2 rings (SSSR count). The van der Waals surface area contributed by atoms with Crippen LogP contribution in [-0.2, 0) is 13.1 Å². The smallest absolute Gasteiger partial charge is 0.117 e. The van der Waals surface area contributed by atoms with Crippen LogP contribution in [-0.4, -0.2) is 11.4 Å². The first-order valence-electron chi connectivity index (χ1n) is 5.77. The third-order valence-electron chi connectivity index (χ3n) is 2.52. The van der Waals surface area contributed by atoms with E-state index in [-0.39, 0.29) is 0 Å². The highest BCUT2D eigenvalue weighted by Crippen LogP contribution is 2.14. The first kappa shape index (κ1) is 12.1. The quantitative estimate of drug-likeness (QED) is 0.719. The van der Waals surface area contributed by atoms with Crippen molar-refractivity contribution in [2.24, 2.45) is 0 Å². The van der Waals surface area contributed by atoms with Crippen molar-refractivity contribution in [1.82, 2.24) is 4.90 Å². The van der Waals surface area contributed by atoms with Gasteiger partial charge >= 0.3 is 0 Å². The van der Waals surface area contributed by atoms with E-state index >= 15 is 0 Å². The molecule has 0 bridgehead atoms. The van der Waals surface area contributed by atoms with Crippen molar-refractivity contribution in [2.75, 3.05) is 6.54 Å². The first-order chi connectivity index (χ1) is 8.38. The van der Waals surface area contributed by atoms with Gasteiger partial charge in [0.1, 0.15) is 5.76 Å². The van der Waals surface area contributed by atoms with Crippen molar-refractivity contribution < 1.29 is 4.42 Å². The van der Waals surface area contributed by atoms with Crippen LogP contribution in [0, 0.1) is 0 Å². The first-order valence-corrected chi connectivity index (χ1v) is 6.64. The molecule has 0 saturated heterocycles. The molecular weight excluding hydrogens is 230 g/mol. The molecule has 0 aliphatic rings. The summed E-state index contributed by atoms with van der Waals surface area (Å²) in [6, 6.07) is 8.24. The number of rotatable bonds is 6. The second-order valence-electron chi connectivity index (χ2n) is 3.90. The molecule has 0 aliphatic heterocycles. The normalized spacial score (nSPS) is 11.6. The molecule has 90 valence electrons. The lowest BCUT2D eigenvalue weighted by atomic mass is 10.3. The van der Waals surface area contributed by atoms with Gasteiger partial charge in [0.05, 0.1) is 12.8 Å². The Morgan fingerprint density at radius 2 is 2.24 bits per heavy atom. The number of hydrogen-bond donors (Lipinski definition) is 0.